The molecular formula is C54H63F10N11O7. The molecule has 18 nitrogen and oxygen atoms in total. The number of halogens is 10. The number of allylic oxidation sites excluding steroid dienone is 1. The fourth-order valence-electron chi connectivity index (χ4n) is 9.69. The quantitative estimate of drug-likeness (QED) is 0.0254. The minimum absolute atomic E-state index is 0.274. The molecule has 4 fully saturated rings. The highest BCUT2D eigenvalue weighted by atomic mass is 19.4. The summed E-state index contributed by atoms with van der Waals surface area (Å²) in [6, 6.07) is 1.89. The van der Waals surface area contributed by atoms with Crippen LogP contribution in [0, 0.1) is 40.2 Å². The van der Waals surface area contributed by atoms with Gasteiger partial charge in [0.25, 0.3) is 5.91 Å². The number of fused-ring (bicyclic) bond motifs is 2. The average molecular weight is 1170 g/mol. The van der Waals surface area contributed by atoms with Crippen molar-refractivity contribution in [2.75, 3.05) is 44.9 Å². The number of alkyl carbamates (subject to hydrolysis) is 1. The van der Waals surface area contributed by atoms with E-state index in [0.29, 0.717) is 99.1 Å². The number of anilines is 1. The molecule has 1 saturated carbocycles. The molecule has 2 bridgehead atoms. The summed E-state index contributed by atoms with van der Waals surface area (Å²) in [6.07, 6.45) is -7.08. The van der Waals surface area contributed by atoms with Crippen LogP contribution in [-0.4, -0.2) is 156 Å². The Morgan fingerprint density at radius 2 is 1.40 bits per heavy atom. The van der Waals surface area contributed by atoms with Crippen LogP contribution in [-0.2, 0) is 36.8 Å². The Kier molecular flexibility index (Phi) is 19.5. The number of ether oxygens (including phenoxy) is 2. The number of alkyl halides is 8. The van der Waals surface area contributed by atoms with E-state index in [9.17, 15) is 59.4 Å². The lowest BCUT2D eigenvalue weighted by atomic mass is 9.82. The van der Waals surface area contributed by atoms with Crippen molar-refractivity contribution in [1.29, 1.82) is 0 Å². The van der Waals surface area contributed by atoms with E-state index in [4.69, 9.17) is 10.5 Å². The summed E-state index contributed by atoms with van der Waals surface area (Å²) < 4.78 is 155. The Morgan fingerprint density at radius 3 is 1.91 bits per heavy atom. The highest BCUT2D eigenvalue weighted by Crippen LogP contribution is 2.43. The van der Waals surface area contributed by atoms with Crippen molar-refractivity contribution in [3.05, 3.63) is 94.3 Å². The Balaban J connectivity index is 1.18. The molecule has 3 aliphatic heterocycles. The number of amides is 4. The number of aliphatic hydroxyl groups is 1. The van der Waals surface area contributed by atoms with E-state index < -0.39 is 132 Å². The third kappa shape index (κ3) is 15.1. The van der Waals surface area contributed by atoms with Gasteiger partial charge in [0.1, 0.15) is 23.7 Å². The van der Waals surface area contributed by atoms with Gasteiger partial charge in [-0.1, -0.05) is 24.0 Å². The molecule has 7 N–H and O–H groups in total. The zero-order valence-electron chi connectivity index (χ0n) is 45.2. The van der Waals surface area contributed by atoms with E-state index in [-0.39, 0.29) is 5.56 Å². The van der Waals surface area contributed by atoms with Crippen molar-refractivity contribution < 1.29 is 77.7 Å². The van der Waals surface area contributed by atoms with E-state index in [1.807, 2.05) is 5.32 Å². The zero-order chi connectivity index (χ0) is 60.1. The van der Waals surface area contributed by atoms with Crippen LogP contribution in [0.3, 0.4) is 0 Å². The summed E-state index contributed by atoms with van der Waals surface area (Å²) >= 11 is 0. The molecular weight excluding hydrogens is 1100 g/mol. The molecule has 1 aromatic heterocycles. The second kappa shape index (κ2) is 25.6. The number of rotatable bonds is 21. The van der Waals surface area contributed by atoms with Gasteiger partial charge >= 0.3 is 25.0 Å². The molecule has 82 heavy (non-hydrogen) atoms. The number of nitrogens with zero attached hydrogens (tertiary/aromatic N) is 6. The van der Waals surface area contributed by atoms with Crippen molar-refractivity contribution >= 4 is 41.7 Å². The number of hydrogen-bond acceptors (Lipinski definition) is 14. The highest BCUT2D eigenvalue weighted by Gasteiger charge is 2.57. The molecule has 4 heterocycles. The SMILES string of the molecule is COC(=O)N[C@H](C(=O)N[C@@H](Cc1ccc(C#Cc2cnc(N3CC4CCC(C3)N4C3COC3)nc2)cc1)[C@@H](O)CN(Cc1c(F)cc(C(N)=CC=NC(F)F)cc1F)NC(=O)[C@@H](NC(=O)C1CC1)C(C)(C)C(F)(F)F)C(C)(C)C(F)(F)F. The predicted molar refractivity (Wildman–Crippen MR) is 277 cm³/mol. The fraction of sp³-hybridized carbons (Fsp3) is 0.537. The van der Waals surface area contributed by atoms with Crippen LogP contribution in [0.15, 0.2) is 59.9 Å². The molecule has 28 heteroatoms. The first-order chi connectivity index (χ1) is 38.5. The first-order valence-corrected chi connectivity index (χ1v) is 26.1. The number of nitrogens with two attached hydrogens (primary N) is 1. The molecule has 1 aliphatic carbocycles. The average Bonchev–Trinajstić information content (AvgIpc) is 3.70. The Morgan fingerprint density at radius 1 is 0.841 bits per heavy atom. The number of benzene rings is 2. The first kappa shape index (κ1) is 62.5. The third-order valence-electron chi connectivity index (χ3n) is 15.1. The maximum atomic E-state index is 16.0. The minimum atomic E-state index is -5.17. The van der Waals surface area contributed by atoms with Crippen molar-refractivity contribution in [3.8, 4) is 11.8 Å². The highest BCUT2D eigenvalue weighted by molar-refractivity contribution is 5.90. The molecule has 3 aromatic rings. The number of hydrogen-bond donors (Lipinski definition) is 6. The molecule has 446 valence electrons. The van der Waals surface area contributed by atoms with E-state index in [0.717, 1.165) is 52.3 Å². The number of methoxy groups -OCH3 is 1. The van der Waals surface area contributed by atoms with Gasteiger partial charge in [0.15, 0.2) is 0 Å². The van der Waals surface area contributed by atoms with E-state index in [2.05, 4.69) is 57.4 Å². The molecule has 2 unspecified atom stereocenters. The fourth-order valence-corrected chi connectivity index (χ4v) is 9.69. The third-order valence-corrected chi connectivity index (χ3v) is 15.1. The van der Waals surface area contributed by atoms with Gasteiger partial charge in [0.05, 0.1) is 54.9 Å². The largest absolute Gasteiger partial charge is 0.453 e. The Labute approximate surface area is 465 Å². The number of nitrogens with one attached hydrogen (secondary N) is 4. The van der Waals surface area contributed by atoms with E-state index >= 15 is 8.78 Å². The topological polar surface area (TPSA) is 229 Å². The Bertz CT molecular complexity index is 2870. The van der Waals surface area contributed by atoms with Crippen LogP contribution in [0.25, 0.3) is 5.70 Å². The summed E-state index contributed by atoms with van der Waals surface area (Å²) in [5.41, 5.74) is 1.31. The maximum Gasteiger partial charge on any atom is 0.407 e. The van der Waals surface area contributed by atoms with Crippen molar-refractivity contribution in [2.24, 2.45) is 27.5 Å². The number of aromatic nitrogens is 2. The molecule has 0 radical (unpaired) electrons. The normalized spacial score (nSPS) is 19.7. The monoisotopic (exact) mass is 1170 g/mol. The van der Waals surface area contributed by atoms with Crippen LogP contribution in [0.2, 0.25) is 0 Å². The van der Waals surface area contributed by atoms with Gasteiger partial charge in [0.2, 0.25) is 17.8 Å². The van der Waals surface area contributed by atoms with Crippen LogP contribution in [0.4, 0.5) is 54.6 Å². The summed E-state index contributed by atoms with van der Waals surface area (Å²) in [7, 11) is 0.824. The number of hydrazine groups is 1. The number of carbonyl (C=O) groups is 4. The van der Waals surface area contributed by atoms with E-state index in [1.165, 1.54) is 24.3 Å². The number of carbonyl (C=O) groups excluding carboxylic acids is 4. The smallest absolute Gasteiger partial charge is 0.407 e. The van der Waals surface area contributed by atoms with Crippen LogP contribution in [0.1, 0.15) is 81.2 Å². The lowest BCUT2D eigenvalue weighted by Crippen LogP contribution is -2.63. The lowest BCUT2D eigenvalue weighted by molar-refractivity contribution is -0.222. The lowest BCUT2D eigenvalue weighted by Gasteiger charge is -2.47. The van der Waals surface area contributed by atoms with Gasteiger partial charge < -0.3 is 41.2 Å². The molecule has 2 aromatic carbocycles. The van der Waals surface area contributed by atoms with E-state index in [1.54, 1.807) is 12.4 Å². The standard InChI is InChI=1S/C54H63F10N11O7/c1-51(2,53(59,60)61)43(71-50(80)81-5)46(78)69-41(18-30-9-6-29(7-10-30)8-11-31-21-67-49(68-22-31)73-23-34-14-15-35(24-73)75(34)36-27-82-28-36)42(76)26-74(25-37-38(55)19-33(20-39(37)56)40(65)16-17-66-48(57)58)72-47(79)44(52(3,4)54(62,63)64)70-45(77)32-12-13-32/h6-7,9-10,16-17,19-22,32,34-36,41-44,48,76H,12-15,18,23-28,65H2,1-5H3,(H,69,78)(H,70,77)(H,71,80)(H,72,79)/t34?,35?,41-,42-,43+,44+/m0/s1. The molecule has 4 amide bonds. The van der Waals surface area contributed by atoms with Crippen LogP contribution >= 0.6 is 0 Å². The zero-order valence-corrected chi connectivity index (χ0v) is 45.2. The number of piperazine rings is 1. The predicted octanol–water partition coefficient (Wildman–Crippen LogP) is 5.52. The molecule has 7 rings (SSSR count). The molecule has 3 saturated heterocycles. The van der Waals surface area contributed by atoms with Crippen LogP contribution in [0.5, 0.6) is 0 Å². The molecule has 0 spiro atoms. The van der Waals surface area contributed by atoms with Gasteiger partial charge in [-0.3, -0.25) is 24.7 Å². The second-order valence-electron chi connectivity index (χ2n) is 21.7. The van der Waals surface area contributed by atoms with Gasteiger partial charge in [-0.05, 0) is 95.7 Å². The summed E-state index contributed by atoms with van der Waals surface area (Å²) in [6.45, 7) is 0.0838. The maximum absolute atomic E-state index is 16.0. The van der Waals surface area contributed by atoms with Crippen LogP contribution < -0.4 is 32.0 Å². The summed E-state index contributed by atoms with van der Waals surface area (Å²) in [4.78, 5) is 70.3. The summed E-state index contributed by atoms with van der Waals surface area (Å²) in [5, 5.41) is 18.9. The van der Waals surface area contributed by atoms with Crippen molar-refractivity contribution in [1.82, 2.24) is 41.3 Å². The summed E-state index contributed by atoms with van der Waals surface area (Å²) in [5.74, 6) is -1.06. The Hall–Kier alpha value is -7.09. The number of aliphatic hydroxyl groups excluding tert-OH is 1. The molecule has 6 atom stereocenters. The van der Waals surface area contributed by atoms with Gasteiger partial charge in [0, 0.05) is 85.2 Å². The second-order valence-corrected chi connectivity index (χ2v) is 21.7. The number of aliphatic imine (C=N–C) groups is 1. The van der Waals surface area contributed by atoms with Gasteiger partial charge in [-0.2, -0.15) is 35.1 Å². The minimum Gasteiger partial charge on any atom is -0.453 e. The first-order valence-electron chi connectivity index (χ1n) is 26.1. The van der Waals surface area contributed by atoms with Gasteiger partial charge in [-0.25, -0.2) is 33.5 Å². The van der Waals surface area contributed by atoms with Crippen molar-refractivity contribution in [3.63, 3.8) is 0 Å². The molecule has 4 aliphatic rings. The van der Waals surface area contributed by atoms with Crippen molar-refractivity contribution in [2.45, 2.75) is 128 Å². The van der Waals surface area contributed by atoms with Gasteiger partial charge in [-0.15, -0.1) is 0 Å².